The molecule has 4 N–H and O–H groups in total. The van der Waals surface area contributed by atoms with Crippen molar-refractivity contribution in [2.75, 3.05) is 11.5 Å². The van der Waals surface area contributed by atoms with E-state index in [1.165, 1.54) is 0 Å². The van der Waals surface area contributed by atoms with Gasteiger partial charge in [0, 0.05) is 0 Å². The molecule has 0 saturated carbocycles. The van der Waals surface area contributed by atoms with E-state index in [4.69, 9.17) is 57.9 Å². The van der Waals surface area contributed by atoms with E-state index in [2.05, 4.69) is 20.2 Å². The van der Waals surface area contributed by atoms with Gasteiger partial charge in [0.25, 0.3) is 0 Å². The van der Waals surface area contributed by atoms with Gasteiger partial charge in [-0.05, 0) is 45.9 Å². The molecule has 0 radical (unpaired) electrons. The van der Waals surface area contributed by atoms with Crippen LogP contribution in [-0.2, 0) is 12.4 Å². The van der Waals surface area contributed by atoms with Crippen molar-refractivity contribution in [3.05, 3.63) is 55.5 Å². The van der Waals surface area contributed by atoms with Crippen molar-refractivity contribution in [2.24, 2.45) is 0 Å². The molecule has 0 spiro atoms. The molecule has 38 heavy (non-hydrogen) atoms. The van der Waals surface area contributed by atoms with Gasteiger partial charge >= 0.3 is 12.4 Å². The molecule has 0 bridgehead atoms. The van der Waals surface area contributed by atoms with Gasteiger partial charge in [-0.15, -0.1) is 10.2 Å². The molecule has 2 aromatic heterocycles. The average molecular weight is 656 g/mol. The second-order valence-electron chi connectivity index (χ2n) is 7.07. The van der Waals surface area contributed by atoms with E-state index in [0.29, 0.717) is 24.3 Å². The van der Waals surface area contributed by atoms with Crippen molar-refractivity contribution in [3.63, 3.8) is 0 Å². The molecular weight excluding hydrogens is 648 g/mol. The number of halogens is 10. The van der Waals surface area contributed by atoms with Crippen molar-refractivity contribution >= 4 is 79.9 Å². The highest BCUT2D eigenvalue weighted by atomic mass is 35.5. The summed E-state index contributed by atoms with van der Waals surface area (Å²) < 4.78 is 80.0. The predicted octanol–water partition coefficient (Wildman–Crippen LogP) is 7.46. The highest BCUT2D eigenvalue weighted by molar-refractivity contribution is 8.76. The molecule has 4 rings (SSSR count). The predicted molar refractivity (Wildman–Crippen MR) is 133 cm³/mol. The fourth-order valence-corrected chi connectivity index (χ4v) is 5.75. The number of aromatic nitrogens is 6. The summed E-state index contributed by atoms with van der Waals surface area (Å²) in [5.41, 5.74) is 9.32. The van der Waals surface area contributed by atoms with Crippen LogP contribution in [0, 0.1) is 0 Å². The zero-order chi connectivity index (χ0) is 28.2. The molecule has 0 amide bonds. The molecule has 8 nitrogen and oxygen atoms in total. The summed E-state index contributed by atoms with van der Waals surface area (Å²) in [5.74, 6) is -0.476. The minimum atomic E-state index is -4.68. The maximum absolute atomic E-state index is 13.0. The third-order valence-corrected chi connectivity index (χ3v) is 7.55. The standard InChI is InChI=1S/C18H8Cl4F6N8S2/c19-7-1-5(17(23,24)25)2-8(20)11(7)35-13(29)31-15(33-35)37-38-16-32-14(30)36(34-16)12-9(21)3-6(4-10(12)22)18(26,27)28/h1-4H,(H2,29,31,33)(H2,30,32,34). The molecule has 0 saturated heterocycles. The Hall–Kier alpha value is -2.24. The molecular formula is C18H8Cl4F6N8S2. The minimum absolute atomic E-state index is 0.0139. The molecule has 4 aromatic rings. The van der Waals surface area contributed by atoms with Crippen LogP contribution in [0.3, 0.4) is 0 Å². The van der Waals surface area contributed by atoms with Crippen molar-refractivity contribution in [2.45, 2.75) is 22.7 Å². The van der Waals surface area contributed by atoms with Crippen LogP contribution < -0.4 is 11.5 Å². The largest absolute Gasteiger partial charge is 0.416 e. The summed E-state index contributed by atoms with van der Waals surface area (Å²) in [4.78, 5) is 7.99. The number of rotatable bonds is 5. The van der Waals surface area contributed by atoms with Gasteiger partial charge < -0.3 is 11.5 Å². The van der Waals surface area contributed by atoms with Crippen LogP contribution in [0.15, 0.2) is 34.6 Å². The number of alkyl halides is 6. The zero-order valence-electron chi connectivity index (χ0n) is 17.7. The van der Waals surface area contributed by atoms with Gasteiger partial charge in [0.2, 0.25) is 22.2 Å². The fraction of sp³-hybridized carbons (Fsp3) is 0.111. The summed E-state index contributed by atoms with van der Waals surface area (Å²) >= 11 is 24.0. The van der Waals surface area contributed by atoms with Crippen LogP contribution in [0.5, 0.6) is 0 Å². The number of nitrogens with zero attached hydrogens (tertiary/aromatic N) is 6. The number of hydrogen-bond acceptors (Lipinski definition) is 8. The maximum atomic E-state index is 13.0. The summed E-state index contributed by atoms with van der Waals surface area (Å²) in [6, 6.07) is 2.68. The average Bonchev–Trinajstić information content (AvgIpc) is 3.32. The summed E-state index contributed by atoms with van der Waals surface area (Å²) in [5, 5.41) is 6.72. The number of hydrogen-bond donors (Lipinski definition) is 2. The summed E-state index contributed by atoms with van der Waals surface area (Å²) in [7, 11) is 1.75. The molecule has 2 aromatic carbocycles. The van der Waals surface area contributed by atoms with Crippen molar-refractivity contribution in [3.8, 4) is 11.4 Å². The van der Waals surface area contributed by atoms with Crippen LogP contribution in [-0.4, -0.2) is 29.5 Å². The Morgan fingerprint density at radius 2 is 0.895 bits per heavy atom. The lowest BCUT2D eigenvalue weighted by Crippen LogP contribution is -2.08. The van der Waals surface area contributed by atoms with Gasteiger partial charge in [-0.25, -0.2) is 0 Å². The number of nitrogens with two attached hydrogens (primary N) is 2. The van der Waals surface area contributed by atoms with E-state index in [0.717, 1.165) is 31.0 Å². The second-order valence-corrected chi connectivity index (χ2v) is 10.8. The Bertz CT molecular complexity index is 1380. The van der Waals surface area contributed by atoms with Crippen LogP contribution in [0.4, 0.5) is 38.2 Å². The van der Waals surface area contributed by atoms with Gasteiger partial charge in [0.1, 0.15) is 11.4 Å². The molecule has 2 heterocycles. The molecule has 0 unspecified atom stereocenters. The van der Waals surface area contributed by atoms with Crippen molar-refractivity contribution in [1.29, 1.82) is 0 Å². The molecule has 0 atom stereocenters. The van der Waals surface area contributed by atoms with Gasteiger partial charge in [-0.2, -0.15) is 45.7 Å². The number of benzene rings is 2. The Labute approximate surface area is 236 Å². The van der Waals surface area contributed by atoms with E-state index in [9.17, 15) is 26.3 Å². The van der Waals surface area contributed by atoms with E-state index >= 15 is 0 Å². The lowest BCUT2D eigenvalue weighted by molar-refractivity contribution is -0.138. The highest BCUT2D eigenvalue weighted by Crippen LogP contribution is 2.41. The van der Waals surface area contributed by atoms with Gasteiger partial charge in [0.05, 0.1) is 31.2 Å². The third-order valence-electron chi connectivity index (χ3n) is 4.53. The minimum Gasteiger partial charge on any atom is -0.368 e. The first-order valence-electron chi connectivity index (χ1n) is 9.49. The Morgan fingerprint density at radius 3 is 1.16 bits per heavy atom. The van der Waals surface area contributed by atoms with Gasteiger partial charge in [-0.3, -0.25) is 0 Å². The molecule has 0 aliphatic carbocycles. The lowest BCUT2D eigenvalue weighted by Gasteiger charge is -2.12. The first kappa shape index (κ1) is 28.8. The fourth-order valence-electron chi connectivity index (χ4n) is 2.95. The first-order valence-corrected chi connectivity index (χ1v) is 13.1. The summed E-state index contributed by atoms with van der Waals surface area (Å²) in [6.07, 6.45) is -9.35. The highest BCUT2D eigenvalue weighted by Gasteiger charge is 2.34. The second kappa shape index (κ2) is 10.4. The van der Waals surface area contributed by atoms with Crippen molar-refractivity contribution in [1.82, 2.24) is 29.5 Å². The lowest BCUT2D eigenvalue weighted by atomic mass is 10.2. The molecule has 20 heteroatoms. The number of anilines is 2. The van der Waals surface area contributed by atoms with E-state index in [1.807, 2.05) is 0 Å². The topological polar surface area (TPSA) is 113 Å². The van der Waals surface area contributed by atoms with Crippen LogP contribution in [0.1, 0.15) is 11.1 Å². The summed E-state index contributed by atoms with van der Waals surface area (Å²) in [6.45, 7) is 0. The monoisotopic (exact) mass is 654 g/mol. The zero-order valence-corrected chi connectivity index (χ0v) is 22.4. The Balaban J connectivity index is 1.58. The van der Waals surface area contributed by atoms with E-state index < -0.39 is 23.5 Å². The molecule has 0 fully saturated rings. The Kier molecular flexibility index (Phi) is 7.86. The maximum Gasteiger partial charge on any atom is 0.416 e. The Morgan fingerprint density at radius 1 is 0.605 bits per heavy atom. The van der Waals surface area contributed by atoms with Crippen LogP contribution in [0.25, 0.3) is 11.4 Å². The molecule has 0 aliphatic rings. The SMILES string of the molecule is Nc1nc(SSc2nc(N)n(-c3c(Cl)cc(C(F)(F)F)cc3Cl)n2)nn1-c1c(Cl)cc(C(F)(F)F)cc1Cl. The smallest absolute Gasteiger partial charge is 0.368 e. The third kappa shape index (κ3) is 5.84. The van der Waals surface area contributed by atoms with Gasteiger partial charge in [-0.1, -0.05) is 46.4 Å². The normalized spacial score (nSPS) is 12.4. The van der Waals surface area contributed by atoms with Crippen molar-refractivity contribution < 1.29 is 26.3 Å². The van der Waals surface area contributed by atoms with Crippen LogP contribution >= 0.6 is 68.0 Å². The van der Waals surface area contributed by atoms with Gasteiger partial charge in [0.15, 0.2) is 0 Å². The molecule has 0 aliphatic heterocycles. The van der Waals surface area contributed by atoms with Crippen LogP contribution in [0.2, 0.25) is 20.1 Å². The number of nitrogen functional groups attached to an aromatic ring is 2. The quantitative estimate of drug-likeness (QED) is 0.168. The van der Waals surface area contributed by atoms with E-state index in [1.54, 1.807) is 0 Å². The first-order chi connectivity index (χ1) is 17.6. The van der Waals surface area contributed by atoms with E-state index in [-0.39, 0.29) is 53.7 Å². The molecule has 202 valence electrons.